The first-order valence-corrected chi connectivity index (χ1v) is 9.10. The van der Waals surface area contributed by atoms with Crippen molar-refractivity contribution in [1.82, 2.24) is 5.32 Å². The summed E-state index contributed by atoms with van der Waals surface area (Å²) in [6.45, 7) is 2.62. The van der Waals surface area contributed by atoms with Crippen LogP contribution in [0.2, 0.25) is 0 Å². The number of nitrogens with one attached hydrogen (secondary N) is 1. The van der Waals surface area contributed by atoms with Crippen molar-refractivity contribution in [2.24, 2.45) is 4.99 Å². The number of anilines is 2. The highest BCUT2D eigenvalue weighted by molar-refractivity contribution is 7.99. The normalized spacial score (nSPS) is 11.3. The predicted octanol–water partition coefficient (Wildman–Crippen LogP) is 3.08. The molecule has 0 saturated carbocycles. The van der Waals surface area contributed by atoms with Crippen LogP contribution in [-0.2, 0) is 4.79 Å². The van der Waals surface area contributed by atoms with Gasteiger partial charge < -0.3 is 20.5 Å². The fraction of sp³-hybridized carbons (Fsp3) is 0.222. The standard InChI is InChI=1S/C18H21FN4O2S/c1-4-23(26-3)15-10-14(20)13(9-16(15)24)17(18(25)21-2)22-12-7-5-11(19)6-8-12/h5-10,24H,4,20H2,1-3H3,(H,21,25). The molecule has 0 heterocycles. The Balaban J connectivity index is 2.57. The Morgan fingerprint density at radius 1 is 1.35 bits per heavy atom. The molecule has 0 radical (unpaired) electrons. The maximum absolute atomic E-state index is 13.1. The maximum atomic E-state index is 13.1. The van der Waals surface area contributed by atoms with E-state index >= 15 is 0 Å². The number of phenols is 1. The second-order valence-electron chi connectivity index (χ2n) is 5.32. The van der Waals surface area contributed by atoms with Crippen molar-refractivity contribution in [3.63, 3.8) is 0 Å². The summed E-state index contributed by atoms with van der Waals surface area (Å²) in [5.41, 5.74) is 7.72. The molecule has 0 aliphatic heterocycles. The molecule has 0 unspecified atom stereocenters. The molecule has 0 aliphatic carbocycles. The average Bonchev–Trinajstić information content (AvgIpc) is 2.64. The van der Waals surface area contributed by atoms with Gasteiger partial charge in [-0.25, -0.2) is 9.38 Å². The first kappa shape index (κ1) is 19.6. The van der Waals surface area contributed by atoms with Gasteiger partial charge in [0.05, 0.1) is 11.4 Å². The van der Waals surface area contributed by atoms with Crippen LogP contribution in [0.3, 0.4) is 0 Å². The number of rotatable bonds is 6. The van der Waals surface area contributed by atoms with Crippen molar-refractivity contribution in [1.29, 1.82) is 0 Å². The number of aromatic hydroxyl groups is 1. The van der Waals surface area contributed by atoms with Gasteiger partial charge in [-0.2, -0.15) is 0 Å². The zero-order valence-electron chi connectivity index (χ0n) is 14.8. The van der Waals surface area contributed by atoms with Crippen molar-refractivity contribution in [3.8, 4) is 5.75 Å². The van der Waals surface area contributed by atoms with Crippen molar-refractivity contribution >= 4 is 40.6 Å². The number of amides is 1. The van der Waals surface area contributed by atoms with Gasteiger partial charge in [0.15, 0.2) is 0 Å². The zero-order chi connectivity index (χ0) is 19.3. The number of benzene rings is 2. The maximum Gasteiger partial charge on any atom is 0.270 e. The van der Waals surface area contributed by atoms with Crippen molar-refractivity contribution < 1.29 is 14.3 Å². The number of nitrogens with two attached hydrogens (primary N) is 1. The lowest BCUT2D eigenvalue weighted by molar-refractivity contribution is -0.114. The number of hydrogen-bond donors (Lipinski definition) is 3. The molecule has 26 heavy (non-hydrogen) atoms. The van der Waals surface area contributed by atoms with Crippen LogP contribution in [0.4, 0.5) is 21.5 Å². The van der Waals surface area contributed by atoms with Crippen LogP contribution in [0, 0.1) is 5.82 Å². The third kappa shape index (κ3) is 4.26. The highest BCUT2D eigenvalue weighted by atomic mass is 32.2. The number of phenolic OH excluding ortho intramolecular Hbond substituents is 1. The van der Waals surface area contributed by atoms with Crippen molar-refractivity contribution in [2.75, 3.05) is 29.9 Å². The van der Waals surface area contributed by atoms with Gasteiger partial charge in [-0.15, -0.1) is 0 Å². The molecule has 0 fully saturated rings. The summed E-state index contributed by atoms with van der Waals surface area (Å²) in [5.74, 6) is -0.879. The number of aliphatic imine (C=N–C) groups is 1. The summed E-state index contributed by atoms with van der Waals surface area (Å²) >= 11 is 1.45. The minimum atomic E-state index is -0.467. The Kier molecular flexibility index (Phi) is 6.46. The van der Waals surface area contributed by atoms with E-state index in [9.17, 15) is 14.3 Å². The fourth-order valence-electron chi connectivity index (χ4n) is 2.39. The monoisotopic (exact) mass is 376 g/mol. The second-order valence-corrected chi connectivity index (χ2v) is 6.13. The zero-order valence-corrected chi connectivity index (χ0v) is 15.6. The molecule has 0 saturated heterocycles. The highest BCUT2D eigenvalue weighted by Crippen LogP contribution is 2.35. The average molecular weight is 376 g/mol. The SMILES string of the molecule is CCN(SC)c1cc(N)c(C(=Nc2ccc(F)cc2)C(=O)NC)cc1O. The Morgan fingerprint density at radius 2 is 2.00 bits per heavy atom. The largest absolute Gasteiger partial charge is 0.506 e. The molecule has 0 atom stereocenters. The number of hydrogen-bond acceptors (Lipinski definition) is 6. The summed E-state index contributed by atoms with van der Waals surface area (Å²) in [5, 5.41) is 12.9. The lowest BCUT2D eigenvalue weighted by Gasteiger charge is -2.22. The Bertz CT molecular complexity index is 821. The van der Waals surface area contributed by atoms with Crippen LogP contribution >= 0.6 is 11.9 Å². The van der Waals surface area contributed by atoms with E-state index in [-0.39, 0.29) is 11.5 Å². The van der Waals surface area contributed by atoms with Crippen LogP contribution in [-0.4, -0.2) is 36.6 Å². The van der Waals surface area contributed by atoms with Crippen LogP contribution in [0.1, 0.15) is 12.5 Å². The van der Waals surface area contributed by atoms with Crippen LogP contribution in [0.5, 0.6) is 5.75 Å². The molecular weight excluding hydrogens is 355 g/mol. The van der Waals surface area contributed by atoms with Gasteiger partial charge in [-0.05, 0) is 43.3 Å². The van der Waals surface area contributed by atoms with E-state index in [0.29, 0.717) is 29.2 Å². The molecule has 0 aliphatic rings. The third-order valence-corrected chi connectivity index (χ3v) is 4.58. The van der Waals surface area contributed by atoms with E-state index in [2.05, 4.69) is 10.3 Å². The number of halogens is 1. The summed E-state index contributed by atoms with van der Waals surface area (Å²) in [4.78, 5) is 16.6. The first-order valence-electron chi connectivity index (χ1n) is 7.92. The van der Waals surface area contributed by atoms with E-state index in [4.69, 9.17) is 5.73 Å². The quantitative estimate of drug-likeness (QED) is 0.312. The highest BCUT2D eigenvalue weighted by Gasteiger charge is 2.20. The predicted molar refractivity (Wildman–Crippen MR) is 106 cm³/mol. The van der Waals surface area contributed by atoms with Gasteiger partial charge in [0.1, 0.15) is 17.3 Å². The van der Waals surface area contributed by atoms with Crippen LogP contribution in [0.25, 0.3) is 0 Å². The second kappa shape index (κ2) is 8.57. The van der Waals surface area contributed by atoms with Gasteiger partial charge in [0.25, 0.3) is 5.91 Å². The van der Waals surface area contributed by atoms with Gasteiger partial charge in [0.2, 0.25) is 0 Å². The number of likely N-dealkylation sites (N-methyl/N-ethyl adjacent to an activating group) is 1. The van der Waals surface area contributed by atoms with E-state index in [1.54, 1.807) is 6.07 Å². The van der Waals surface area contributed by atoms with Crippen molar-refractivity contribution in [3.05, 3.63) is 47.8 Å². The molecule has 8 heteroatoms. The molecule has 0 aromatic heterocycles. The number of carbonyl (C=O) groups is 1. The van der Waals surface area contributed by atoms with Crippen LogP contribution in [0.15, 0.2) is 41.4 Å². The molecule has 1 amide bonds. The van der Waals surface area contributed by atoms with Crippen molar-refractivity contribution in [2.45, 2.75) is 6.92 Å². The molecule has 2 aromatic carbocycles. The van der Waals surface area contributed by atoms with Gasteiger partial charge in [-0.3, -0.25) is 4.79 Å². The number of nitrogen functional groups attached to an aromatic ring is 1. The minimum Gasteiger partial charge on any atom is -0.506 e. The molecule has 6 nitrogen and oxygen atoms in total. The number of carbonyl (C=O) groups excluding carboxylic acids is 1. The lowest BCUT2D eigenvalue weighted by atomic mass is 10.0. The van der Waals surface area contributed by atoms with Gasteiger partial charge in [-0.1, -0.05) is 11.9 Å². The molecule has 0 spiro atoms. The molecule has 4 N–H and O–H groups in total. The fourth-order valence-corrected chi connectivity index (χ4v) is 2.99. The molecule has 0 bridgehead atoms. The van der Waals surface area contributed by atoms with E-state index < -0.39 is 11.7 Å². The Morgan fingerprint density at radius 3 is 2.54 bits per heavy atom. The lowest BCUT2D eigenvalue weighted by Crippen LogP contribution is -2.29. The smallest absolute Gasteiger partial charge is 0.270 e. The topological polar surface area (TPSA) is 91.0 Å². The molecular formula is C18H21FN4O2S. The number of nitrogens with zero attached hydrogens (tertiary/aromatic N) is 2. The van der Waals surface area contributed by atoms with Gasteiger partial charge in [0, 0.05) is 31.1 Å². The van der Waals surface area contributed by atoms with E-state index in [1.165, 1.54) is 49.3 Å². The summed E-state index contributed by atoms with van der Waals surface area (Å²) in [6, 6.07) is 8.43. The van der Waals surface area contributed by atoms with Gasteiger partial charge >= 0.3 is 0 Å². The molecule has 2 rings (SSSR count). The minimum absolute atomic E-state index is 0.0129. The summed E-state index contributed by atoms with van der Waals surface area (Å²) in [6.07, 6.45) is 1.89. The van der Waals surface area contributed by atoms with E-state index in [0.717, 1.165) is 0 Å². The third-order valence-electron chi connectivity index (χ3n) is 3.69. The van der Waals surface area contributed by atoms with E-state index in [1.807, 2.05) is 17.5 Å². The Hall–Kier alpha value is -2.74. The Labute approximate surface area is 156 Å². The van der Waals surface area contributed by atoms with Crippen LogP contribution < -0.4 is 15.4 Å². The summed E-state index contributed by atoms with van der Waals surface area (Å²) < 4.78 is 15.0. The molecule has 138 valence electrons. The first-order chi connectivity index (χ1) is 12.4. The molecule has 2 aromatic rings. The summed E-state index contributed by atoms with van der Waals surface area (Å²) in [7, 11) is 1.47.